The third kappa shape index (κ3) is 8.52. The van der Waals surface area contributed by atoms with E-state index in [1.165, 1.54) is 0 Å². The van der Waals surface area contributed by atoms with Crippen LogP contribution in [0.2, 0.25) is 0 Å². The van der Waals surface area contributed by atoms with Crippen LogP contribution in [0.4, 0.5) is 0 Å². The maximum atomic E-state index is 6.11. The Hall–Kier alpha value is -7.66. The first-order chi connectivity index (χ1) is 32.5. The first-order valence-electron chi connectivity index (χ1n) is 21.5. The second kappa shape index (κ2) is 18.8. The number of benzene rings is 8. The summed E-state index contributed by atoms with van der Waals surface area (Å²) in [4.78, 5) is 29.1. The summed E-state index contributed by atoms with van der Waals surface area (Å²) in [5, 5.41) is 4.03. The molecule has 12 aromatic rings. The highest BCUT2D eigenvalue weighted by Crippen LogP contribution is 2.39. The Kier molecular flexibility index (Phi) is 12.1. The highest BCUT2D eigenvalue weighted by molar-refractivity contribution is 9.10. The quantitative estimate of drug-likeness (QED) is 0.162. The highest BCUT2D eigenvalue weighted by Gasteiger charge is 2.20. The Balaban J connectivity index is 0.000000149. The first-order valence-corrected chi connectivity index (χ1v) is 23.1. The van der Waals surface area contributed by atoms with E-state index in [4.69, 9.17) is 38.7 Å². The summed E-state index contributed by atoms with van der Waals surface area (Å²) in [5.74, 6) is 3.79. The van der Waals surface area contributed by atoms with E-state index in [1.54, 1.807) is 0 Å². The zero-order chi connectivity index (χ0) is 45.0. The molecule has 0 fully saturated rings. The van der Waals surface area contributed by atoms with Crippen LogP contribution in [-0.2, 0) is 0 Å². The number of halogens is 2. The van der Waals surface area contributed by atoms with Gasteiger partial charge in [0, 0.05) is 63.9 Å². The van der Waals surface area contributed by atoms with Crippen LogP contribution >= 0.6 is 31.9 Å². The van der Waals surface area contributed by atoms with Gasteiger partial charge in [0.1, 0.15) is 22.3 Å². The Bertz CT molecular complexity index is 3280. The predicted octanol–water partition coefficient (Wildman–Crippen LogP) is 16.1. The van der Waals surface area contributed by atoms with E-state index in [0.29, 0.717) is 34.9 Å². The van der Waals surface area contributed by atoms with Crippen LogP contribution in [0.15, 0.2) is 212 Å². The molecule has 0 radical (unpaired) electrons. The van der Waals surface area contributed by atoms with Gasteiger partial charge in [0.15, 0.2) is 34.9 Å². The lowest BCUT2D eigenvalue weighted by molar-refractivity contribution is 0.668. The fourth-order valence-electron chi connectivity index (χ4n) is 7.83. The van der Waals surface area contributed by atoms with Gasteiger partial charge in [-0.3, -0.25) is 0 Å². The molecule has 0 saturated heterocycles. The van der Waals surface area contributed by atoms with Crippen LogP contribution in [0.5, 0.6) is 0 Å². The molecule has 0 aliphatic carbocycles. The number of furan rings is 2. The Morgan fingerprint density at radius 3 is 0.924 bits per heavy atom. The highest BCUT2D eigenvalue weighted by atomic mass is 79.9. The largest absolute Gasteiger partial charge is 0.456 e. The molecule has 0 aliphatic rings. The maximum absolute atomic E-state index is 6.11. The fraction of sp³-hybridized carbons (Fsp3) is 0.0357. The monoisotopic (exact) mass is 984 g/mol. The van der Waals surface area contributed by atoms with Crippen molar-refractivity contribution in [3.63, 3.8) is 0 Å². The lowest BCUT2D eigenvalue weighted by atomic mass is 10.1. The minimum atomic E-state index is 0.617. The van der Waals surface area contributed by atoms with Crippen LogP contribution in [0, 0.1) is 0 Å². The molecule has 4 aromatic heterocycles. The molecule has 0 unspecified atom stereocenters. The summed E-state index contributed by atoms with van der Waals surface area (Å²) in [6, 6.07) is 64.0. The van der Waals surface area contributed by atoms with E-state index in [0.717, 1.165) is 86.2 Å². The van der Waals surface area contributed by atoms with Crippen molar-refractivity contribution in [2.45, 2.75) is 13.8 Å². The molecular formula is C56H38Br2N6O2. The van der Waals surface area contributed by atoms with Gasteiger partial charge in [0.2, 0.25) is 0 Å². The van der Waals surface area contributed by atoms with Crippen LogP contribution in [0.3, 0.4) is 0 Å². The van der Waals surface area contributed by atoms with Crippen molar-refractivity contribution in [1.29, 1.82) is 0 Å². The Labute approximate surface area is 397 Å². The SMILES string of the molecule is Brc1ccc2oc3cccc(-c4nc(-c5ccccc5)nc(-c5ccccc5)n4)c3c2c1.Brc1ccc2oc3cccc(-c4nc(-c5ccccc5)nc(-c5ccccc5)n4)c3c2c1.CC. The number of nitrogens with zero attached hydrogens (tertiary/aromatic N) is 6. The molecule has 0 amide bonds. The number of fused-ring (bicyclic) bond motifs is 6. The minimum Gasteiger partial charge on any atom is -0.456 e. The number of hydrogen-bond donors (Lipinski definition) is 0. The van der Waals surface area contributed by atoms with E-state index in [2.05, 4.69) is 44.0 Å². The van der Waals surface area contributed by atoms with Crippen LogP contribution < -0.4 is 0 Å². The molecule has 0 bridgehead atoms. The van der Waals surface area contributed by atoms with Gasteiger partial charge in [-0.15, -0.1) is 0 Å². The molecular weight excluding hydrogens is 948 g/mol. The van der Waals surface area contributed by atoms with Crippen molar-refractivity contribution >= 4 is 75.7 Å². The van der Waals surface area contributed by atoms with Gasteiger partial charge in [-0.25, -0.2) is 29.9 Å². The third-order valence-electron chi connectivity index (χ3n) is 10.8. The van der Waals surface area contributed by atoms with E-state index >= 15 is 0 Å². The Morgan fingerprint density at radius 2 is 0.606 bits per heavy atom. The maximum Gasteiger partial charge on any atom is 0.164 e. The van der Waals surface area contributed by atoms with Crippen LogP contribution in [0.1, 0.15) is 13.8 Å². The van der Waals surface area contributed by atoms with Crippen molar-refractivity contribution in [3.05, 3.63) is 203 Å². The minimum absolute atomic E-state index is 0.617. The van der Waals surface area contributed by atoms with E-state index in [1.807, 2.05) is 196 Å². The molecule has 66 heavy (non-hydrogen) atoms. The molecule has 0 saturated carbocycles. The molecule has 0 atom stereocenters. The zero-order valence-corrected chi connectivity index (χ0v) is 38.9. The van der Waals surface area contributed by atoms with Gasteiger partial charge in [0.25, 0.3) is 0 Å². The number of hydrogen-bond acceptors (Lipinski definition) is 8. The molecule has 0 aliphatic heterocycles. The molecule has 0 N–H and O–H groups in total. The summed E-state index contributed by atoms with van der Waals surface area (Å²) < 4.78 is 14.2. The normalized spacial score (nSPS) is 11.0. The fourth-order valence-corrected chi connectivity index (χ4v) is 8.55. The average molecular weight is 987 g/mol. The number of aromatic nitrogens is 6. The summed E-state index contributed by atoms with van der Waals surface area (Å²) in [6.45, 7) is 4.00. The van der Waals surface area contributed by atoms with Gasteiger partial charge in [-0.05, 0) is 48.5 Å². The molecule has 4 heterocycles. The lowest BCUT2D eigenvalue weighted by Crippen LogP contribution is -2.00. The van der Waals surface area contributed by atoms with Crippen LogP contribution in [-0.4, -0.2) is 29.9 Å². The summed E-state index contributed by atoms with van der Waals surface area (Å²) in [7, 11) is 0. The summed E-state index contributed by atoms with van der Waals surface area (Å²) in [6.07, 6.45) is 0. The average Bonchev–Trinajstić information content (AvgIpc) is 3.96. The molecule has 10 heteroatoms. The Morgan fingerprint density at radius 1 is 0.303 bits per heavy atom. The zero-order valence-electron chi connectivity index (χ0n) is 35.7. The van der Waals surface area contributed by atoms with E-state index in [-0.39, 0.29) is 0 Å². The summed E-state index contributed by atoms with van der Waals surface area (Å²) >= 11 is 7.17. The second-order valence-corrected chi connectivity index (χ2v) is 16.8. The molecule has 318 valence electrons. The molecule has 12 rings (SSSR count). The number of rotatable bonds is 6. The van der Waals surface area contributed by atoms with E-state index < -0.39 is 0 Å². The lowest BCUT2D eigenvalue weighted by Gasteiger charge is -2.09. The second-order valence-electron chi connectivity index (χ2n) is 14.9. The predicted molar refractivity (Wildman–Crippen MR) is 274 cm³/mol. The van der Waals surface area contributed by atoms with Crippen molar-refractivity contribution in [2.75, 3.05) is 0 Å². The third-order valence-corrected chi connectivity index (χ3v) is 11.8. The summed E-state index contributed by atoms with van der Waals surface area (Å²) in [5.41, 5.74) is 8.87. The van der Waals surface area contributed by atoms with Crippen LogP contribution in [0.25, 0.3) is 112 Å². The smallest absolute Gasteiger partial charge is 0.164 e. The van der Waals surface area contributed by atoms with Gasteiger partial charge in [0.05, 0.1) is 0 Å². The van der Waals surface area contributed by atoms with Gasteiger partial charge in [-0.1, -0.05) is 191 Å². The molecule has 8 nitrogen and oxygen atoms in total. The topological polar surface area (TPSA) is 104 Å². The van der Waals surface area contributed by atoms with Gasteiger partial charge in [-0.2, -0.15) is 0 Å². The molecule has 0 spiro atoms. The van der Waals surface area contributed by atoms with Crippen molar-refractivity contribution in [3.8, 4) is 68.3 Å². The first kappa shape index (κ1) is 42.3. The standard InChI is InChI=1S/2C27H16BrN3O.C2H6/c2*28-19-14-15-22-21(16-19)24-20(12-7-13-23(24)32-22)27-30-25(17-8-3-1-4-9-17)29-26(31-27)18-10-5-2-6-11-18;1-2/h2*1-16H;1-2H3. The van der Waals surface area contributed by atoms with Gasteiger partial charge < -0.3 is 8.83 Å². The van der Waals surface area contributed by atoms with Crippen molar-refractivity contribution in [2.24, 2.45) is 0 Å². The van der Waals surface area contributed by atoms with E-state index in [9.17, 15) is 0 Å². The van der Waals surface area contributed by atoms with Crippen molar-refractivity contribution in [1.82, 2.24) is 29.9 Å². The molecule has 8 aromatic carbocycles. The van der Waals surface area contributed by atoms with Crippen molar-refractivity contribution < 1.29 is 8.83 Å². The van der Waals surface area contributed by atoms with Gasteiger partial charge >= 0.3 is 0 Å².